The van der Waals surface area contributed by atoms with E-state index in [4.69, 9.17) is 5.73 Å². The highest BCUT2D eigenvalue weighted by molar-refractivity contribution is 4.86. The number of hydrogen-bond donors (Lipinski definition) is 1. The first-order valence-corrected chi connectivity index (χ1v) is 7.17. The third-order valence-electron chi connectivity index (χ3n) is 4.12. The summed E-state index contributed by atoms with van der Waals surface area (Å²) in [6.45, 7) is 10.3. The van der Waals surface area contributed by atoms with Gasteiger partial charge in [-0.15, -0.1) is 0 Å². The molecule has 3 unspecified atom stereocenters. The van der Waals surface area contributed by atoms with Crippen molar-refractivity contribution in [2.45, 2.75) is 58.9 Å². The first-order chi connectivity index (χ1) is 7.72. The maximum absolute atomic E-state index is 5.88. The van der Waals surface area contributed by atoms with Crippen LogP contribution >= 0.6 is 0 Å². The van der Waals surface area contributed by atoms with E-state index in [-0.39, 0.29) is 0 Å². The molecule has 1 aliphatic rings. The van der Waals surface area contributed by atoms with E-state index in [1.807, 2.05) is 0 Å². The summed E-state index contributed by atoms with van der Waals surface area (Å²) < 4.78 is 0. The summed E-state index contributed by atoms with van der Waals surface area (Å²) in [5, 5.41) is 0. The first kappa shape index (κ1) is 14.0. The van der Waals surface area contributed by atoms with Gasteiger partial charge in [-0.2, -0.15) is 0 Å². The van der Waals surface area contributed by atoms with Crippen LogP contribution in [0.25, 0.3) is 0 Å². The molecule has 1 aliphatic carbocycles. The van der Waals surface area contributed by atoms with Crippen LogP contribution in [0.4, 0.5) is 0 Å². The van der Waals surface area contributed by atoms with Gasteiger partial charge in [0, 0.05) is 12.6 Å². The highest BCUT2D eigenvalue weighted by Gasteiger charge is 2.30. The van der Waals surface area contributed by atoms with Crippen LogP contribution in [0.2, 0.25) is 0 Å². The third-order valence-corrected chi connectivity index (χ3v) is 4.12. The molecule has 2 nitrogen and oxygen atoms in total. The van der Waals surface area contributed by atoms with Gasteiger partial charge in [0.25, 0.3) is 0 Å². The van der Waals surface area contributed by atoms with E-state index < -0.39 is 0 Å². The van der Waals surface area contributed by atoms with Gasteiger partial charge in [-0.1, -0.05) is 33.6 Å². The Kier molecular flexibility index (Phi) is 6.37. The van der Waals surface area contributed by atoms with Crippen molar-refractivity contribution >= 4 is 0 Å². The molecule has 1 saturated carbocycles. The molecular formula is C14H30N2. The summed E-state index contributed by atoms with van der Waals surface area (Å²) in [6.07, 6.45) is 6.76. The maximum Gasteiger partial charge on any atom is 0.0135 e. The Morgan fingerprint density at radius 2 is 2.06 bits per heavy atom. The molecule has 2 N–H and O–H groups in total. The Hall–Kier alpha value is -0.0800. The zero-order valence-electron chi connectivity index (χ0n) is 11.4. The van der Waals surface area contributed by atoms with Gasteiger partial charge in [-0.25, -0.2) is 0 Å². The predicted octanol–water partition coefficient (Wildman–Crippen LogP) is 2.87. The molecule has 0 radical (unpaired) electrons. The minimum absolute atomic E-state index is 0.758. The highest BCUT2D eigenvalue weighted by atomic mass is 15.2. The lowest BCUT2D eigenvalue weighted by Crippen LogP contribution is -2.42. The Morgan fingerprint density at radius 1 is 1.31 bits per heavy atom. The SMILES string of the molecule is CCCC(C)CN(CC)C1CCCC1CN. The second kappa shape index (κ2) is 7.29. The summed E-state index contributed by atoms with van der Waals surface area (Å²) in [5.41, 5.74) is 5.88. The lowest BCUT2D eigenvalue weighted by molar-refractivity contribution is 0.146. The van der Waals surface area contributed by atoms with E-state index in [1.54, 1.807) is 0 Å². The first-order valence-electron chi connectivity index (χ1n) is 7.17. The van der Waals surface area contributed by atoms with Crippen LogP contribution in [0.3, 0.4) is 0 Å². The van der Waals surface area contributed by atoms with Crippen LogP contribution in [0.15, 0.2) is 0 Å². The van der Waals surface area contributed by atoms with Gasteiger partial charge in [0.05, 0.1) is 0 Å². The average Bonchev–Trinajstić information content (AvgIpc) is 2.74. The van der Waals surface area contributed by atoms with E-state index in [9.17, 15) is 0 Å². The normalized spacial score (nSPS) is 27.6. The van der Waals surface area contributed by atoms with E-state index >= 15 is 0 Å². The lowest BCUT2D eigenvalue weighted by Gasteiger charge is -2.33. The topological polar surface area (TPSA) is 29.3 Å². The van der Waals surface area contributed by atoms with Crippen molar-refractivity contribution in [2.75, 3.05) is 19.6 Å². The minimum Gasteiger partial charge on any atom is -0.330 e. The van der Waals surface area contributed by atoms with Gasteiger partial charge in [0.1, 0.15) is 0 Å². The molecule has 96 valence electrons. The molecule has 0 aliphatic heterocycles. The molecule has 0 amide bonds. The van der Waals surface area contributed by atoms with Crippen molar-refractivity contribution in [1.82, 2.24) is 4.90 Å². The molecule has 0 spiro atoms. The van der Waals surface area contributed by atoms with Crippen molar-refractivity contribution in [3.05, 3.63) is 0 Å². The van der Waals surface area contributed by atoms with Crippen molar-refractivity contribution in [3.8, 4) is 0 Å². The summed E-state index contributed by atoms with van der Waals surface area (Å²) in [4.78, 5) is 2.69. The average molecular weight is 226 g/mol. The molecule has 0 saturated heterocycles. The summed E-state index contributed by atoms with van der Waals surface area (Å²) >= 11 is 0. The molecule has 0 aromatic carbocycles. The highest BCUT2D eigenvalue weighted by Crippen LogP contribution is 2.29. The van der Waals surface area contributed by atoms with Crippen LogP contribution in [0.1, 0.15) is 52.9 Å². The Labute approximate surface area is 102 Å². The van der Waals surface area contributed by atoms with Crippen molar-refractivity contribution in [1.29, 1.82) is 0 Å². The summed E-state index contributed by atoms with van der Waals surface area (Å²) in [7, 11) is 0. The van der Waals surface area contributed by atoms with Crippen LogP contribution < -0.4 is 5.73 Å². The van der Waals surface area contributed by atoms with Crippen molar-refractivity contribution < 1.29 is 0 Å². The van der Waals surface area contributed by atoms with E-state index in [2.05, 4.69) is 25.7 Å². The fourth-order valence-corrected chi connectivity index (χ4v) is 3.26. The van der Waals surface area contributed by atoms with E-state index in [1.165, 1.54) is 45.2 Å². The molecule has 0 aromatic heterocycles. The fraction of sp³-hybridized carbons (Fsp3) is 1.00. The summed E-state index contributed by atoms with van der Waals surface area (Å²) in [5.74, 6) is 1.60. The number of nitrogens with zero attached hydrogens (tertiary/aromatic N) is 1. The minimum atomic E-state index is 0.758. The monoisotopic (exact) mass is 226 g/mol. The van der Waals surface area contributed by atoms with E-state index in [0.717, 1.165) is 24.4 Å². The van der Waals surface area contributed by atoms with E-state index in [0.29, 0.717) is 0 Å². The zero-order chi connectivity index (χ0) is 12.0. The third kappa shape index (κ3) is 3.74. The van der Waals surface area contributed by atoms with Gasteiger partial charge in [0.2, 0.25) is 0 Å². The molecule has 0 aromatic rings. The quantitative estimate of drug-likeness (QED) is 0.723. The number of nitrogens with two attached hydrogens (primary N) is 1. The molecule has 0 bridgehead atoms. The molecular weight excluding hydrogens is 196 g/mol. The Balaban J connectivity index is 2.46. The molecule has 0 heterocycles. The van der Waals surface area contributed by atoms with Crippen molar-refractivity contribution in [2.24, 2.45) is 17.6 Å². The van der Waals surface area contributed by atoms with Crippen LogP contribution in [0.5, 0.6) is 0 Å². The molecule has 3 atom stereocenters. The van der Waals surface area contributed by atoms with Gasteiger partial charge in [-0.3, -0.25) is 0 Å². The largest absolute Gasteiger partial charge is 0.330 e. The molecule has 16 heavy (non-hydrogen) atoms. The zero-order valence-corrected chi connectivity index (χ0v) is 11.4. The van der Waals surface area contributed by atoms with Gasteiger partial charge >= 0.3 is 0 Å². The smallest absolute Gasteiger partial charge is 0.0135 e. The maximum atomic E-state index is 5.88. The Bertz CT molecular complexity index is 182. The van der Waals surface area contributed by atoms with Crippen molar-refractivity contribution in [3.63, 3.8) is 0 Å². The second-order valence-corrected chi connectivity index (χ2v) is 5.48. The van der Waals surface area contributed by atoms with Crippen LogP contribution in [0, 0.1) is 11.8 Å². The molecule has 1 rings (SSSR count). The second-order valence-electron chi connectivity index (χ2n) is 5.48. The summed E-state index contributed by atoms with van der Waals surface area (Å²) in [6, 6.07) is 0.773. The Morgan fingerprint density at radius 3 is 2.62 bits per heavy atom. The van der Waals surface area contributed by atoms with Crippen LogP contribution in [-0.2, 0) is 0 Å². The molecule has 2 heteroatoms. The fourth-order valence-electron chi connectivity index (χ4n) is 3.26. The lowest BCUT2D eigenvalue weighted by atomic mass is 9.99. The predicted molar refractivity (Wildman–Crippen MR) is 71.5 cm³/mol. The number of hydrogen-bond acceptors (Lipinski definition) is 2. The van der Waals surface area contributed by atoms with Gasteiger partial charge in [0.15, 0.2) is 0 Å². The van der Waals surface area contributed by atoms with Crippen LogP contribution in [-0.4, -0.2) is 30.6 Å². The standard InChI is InChI=1S/C14H30N2/c1-4-7-12(3)11-16(5-2)14-9-6-8-13(14)10-15/h12-14H,4-11,15H2,1-3H3. The number of rotatable bonds is 7. The molecule has 1 fully saturated rings. The van der Waals surface area contributed by atoms with Gasteiger partial charge < -0.3 is 10.6 Å². The van der Waals surface area contributed by atoms with Gasteiger partial charge in [-0.05, 0) is 44.2 Å².